The Labute approximate surface area is 139 Å². The summed E-state index contributed by atoms with van der Waals surface area (Å²) in [6.45, 7) is 8.80. The highest BCUT2D eigenvalue weighted by molar-refractivity contribution is 5.79. The SMILES string of the molecule is CC(C)CN1C[C@@H]2[C@H](CNC(=O)C3CC=CC3)[C@H]3CC[C@]2(C1)O3. The van der Waals surface area contributed by atoms with Crippen LogP contribution in [0.1, 0.15) is 39.5 Å². The summed E-state index contributed by atoms with van der Waals surface area (Å²) in [5.41, 5.74) is 0.101. The van der Waals surface area contributed by atoms with Crippen molar-refractivity contribution >= 4 is 5.91 Å². The number of nitrogens with one attached hydrogen (secondary N) is 1. The molecule has 3 heterocycles. The Kier molecular flexibility index (Phi) is 4.01. The Balaban J connectivity index is 1.37. The van der Waals surface area contributed by atoms with Gasteiger partial charge < -0.3 is 10.1 Å². The molecule has 3 saturated heterocycles. The fraction of sp³-hybridized carbons (Fsp3) is 0.842. The zero-order chi connectivity index (χ0) is 16.0. The van der Waals surface area contributed by atoms with Gasteiger partial charge in [0.05, 0.1) is 11.7 Å². The maximum absolute atomic E-state index is 12.3. The Morgan fingerprint density at radius 1 is 1.39 bits per heavy atom. The van der Waals surface area contributed by atoms with E-state index in [-0.39, 0.29) is 17.4 Å². The molecule has 23 heavy (non-hydrogen) atoms. The predicted octanol–water partition coefficient (Wildman–Crippen LogP) is 2.20. The quantitative estimate of drug-likeness (QED) is 0.790. The number of amides is 1. The number of nitrogens with zero attached hydrogens (tertiary/aromatic N) is 1. The number of allylic oxidation sites excluding steroid dienone is 2. The molecule has 1 spiro atoms. The summed E-state index contributed by atoms with van der Waals surface area (Å²) >= 11 is 0. The summed E-state index contributed by atoms with van der Waals surface area (Å²) in [6, 6.07) is 0. The zero-order valence-electron chi connectivity index (χ0n) is 14.5. The number of ether oxygens (including phenoxy) is 1. The second kappa shape index (κ2) is 5.89. The van der Waals surface area contributed by atoms with E-state index in [1.165, 1.54) is 19.4 Å². The molecule has 1 N–H and O–H groups in total. The molecule has 0 aromatic carbocycles. The first kappa shape index (κ1) is 15.6. The molecule has 0 radical (unpaired) electrons. The van der Waals surface area contributed by atoms with Crippen molar-refractivity contribution in [2.24, 2.45) is 23.7 Å². The van der Waals surface area contributed by atoms with E-state index in [1.807, 2.05) is 0 Å². The molecule has 128 valence electrons. The average molecular weight is 318 g/mol. The molecular formula is C19H30N2O2. The molecule has 4 aliphatic rings. The highest BCUT2D eigenvalue weighted by Crippen LogP contribution is 2.54. The van der Waals surface area contributed by atoms with Crippen molar-refractivity contribution in [3.8, 4) is 0 Å². The molecule has 3 fully saturated rings. The number of carbonyl (C=O) groups is 1. The lowest BCUT2D eigenvalue weighted by molar-refractivity contribution is -0.124. The van der Waals surface area contributed by atoms with Crippen LogP contribution < -0.4 is 5.32 Å². The molecule has 3 aliphatic heterocycles. The van der Waals surface area contributed by atoms with Crippen molar-refractivity contribution in [2.45, 2.75) is 51.2 Å². The fourth-order valence-electron chi connectivity index (χ4n) is 5.41. The Bertz CT molecular complexity index is 496. The van der Waals surface area contributed by atoms with Crippen LogP contribution in [0.25, 0.3) is 0 Å². The van der Waals surface area contributed by atoms with Crippen LogP contribution in [0.5, 0.6) is 0 Å². The van der Waals surface area contributed by atoms with Crippen LogP contribution >= 0.6 is 0 Å². The summed E-state index contributed by atoms with van der Waals surface area (Å²) in [4.78, 5) is 14.9. The second-order valence-electron chi connectivity index (χ2n) is 8.50. The molecule has 0 aromatic heterocycles. The monoisotopic (exact) mass is 318 g/mol. The van der Waals surface area contributed by atoms with E-state index >= 15 is 0 Å². The van der Waals surface area contributed by atoms with Crippen LogP contribution in [0, 0.1) is 23.7 Å². The normalized spacial score (nSPS) is 39.5. The highest BCUT2D eigenvalue weighted by atomic mass is 16.5. The minimum atomic E-state index is 0.101. The van der Waals surface area contributed by atoms with Gasteiger partial charge in [0, 0.05) is 43.9 Å². The lowest BCUT2D eigenvalue weighted by Gasteiger charge is -2.29. The molecule has 4 atom stereocenters. The maximum Gasteiger partial charge on any atom is 0.223 e. The van der Waals surface area contributed by atoms with Crippen molar-refractivity contribution in [1.29, 1.82) is 0 Å². The van der Waals surface area contributed by atoms with E-state index < -0.39 is 0 Å². The zero-order valence-corrected chi connectivity index (χ0v) is 14.5. The van der Waals surface area contributed by atoms with E-state index in [1.54, 1.807) is 0 Å². The van der Waals surface area contributed by atoms with Crippen LogP contribution in [0.15, 0.2) is 12.2 Å². The van der Waals surface area contributed by atoms with Crippen molar-refractivity contribution in [2.75, 3.05) is 26.2 Å². The number of rotatable bonds is 5. The highest BCUT2D eigenvalue weighted by Gasteiger charge is 2.62. The largest absolute Gasteiger partial charge is 0.370 e. The summed E-state index contributed by atoms with van der Waals surface area (Å²) in [6.07, 6.45) is 8.84. The third kappa shape index (κ3) is 2.74. The summed E-state index contributed by atoms with van der Waals surface area (Å²) in [5, 5.41) is 3.24. The molecule has 1 amide bonds. The first-order valence-electron chi connectivity index (χ1n) is 9.40. The fourth-order valence-corrected chi connectivity index (χ4v) is 5.41. The molecule has 0 saturated carbocycles. The van der Waals surface area contributed by atoms with Gasteiger partial charge in [0.2, 0.25) is 5.91 Å². The van der Waals surface area contributed by atoms with E-state index in [0.717, 1.165) is 32.5 Å². The van der Waals surface area contributed by atoms with E-state index in [9.17, 15) is 4.79 Å². The van der Waals surface area contributed by atoms with Gasteiger partial charge in [-0.15, -0.1) is 0 Å². The average Bonchev–Trinajstić information content (AvgIpc) is 3.24. The molecule has 4 rings (SSSR count). The van der Waals surface area contributed by atoms with Crippen molar-refractivity contribution in [3.05, 3.63) is 12.2 Å². The van der Waals surface area contributed by atoms with E-state index in [4.69, 9.17) is 4.74 Å². The lowest BCUT2D eigenvalue weighted by atomic mass is 9.73. The lowest BCUT2D eigenvalue weighted by Crippen LogP contribution is -2.43. The van der Waals surface area contributed by atoms with Gasteiger partial charge in [0.25, 0.3) is 0 Å². The van der Waals surface area contributed by atoms with Gasteiger partial charge in [0.1, 0.15) is 0 Å². The molecule has 0 aromatic rings. The first-order chi connectivity index (χ1) is 11.1. The summed E-state index contributed by atoms with van der Waals surface area (Å²) < 4.78 is 6.46. The third-order valence-electron chi connectivity index (χ3n) is 6.37. The summed E-state index contributed by atoms with van der Waals surface area (Å²) in [5.74, 6) is 2.24. The number of fused-ring (bicyclic) bond motifs is 1. The Morgan fingerprint density at radius 2 is 2.17 bits per heavy atom. The molecular weight excluding hydrogens is 288 g/mol. The van der Waals surface area contributed by atoms with Gasteiger partial charge in [-0.2, -0.15) is 0 Å². The van der Waals surface area contributed by atoms with Crippen LogP contribution in [-0.2, 0) is 9.53 Å². The molecule has 0 unspecified atom stereocenters. The summed E-state index contributed by atoms with van der Waals surface area (Å²) in [7, 11) is 0. The van der Waals surface area contributed by atoms with Crippen molar-refractivity contribution in [1.82, 2.24) is 10.2 Å². The minimum absolute atomic E-state index is 0.101. The van der Waals surface area contributed by atoms with Crippen molar-refractivity contribution in [3.63, 3.8) is 0 Å². The molecule has 1 aliphatic carbocycles. The van der Waals surface area contributed by atoms with Gasteiger partial charge in [0.15, 0.2) is 0 Å². The smallest absolute Gasteiger partial charge is 0.223 e. The Hall–Kier alpha value is -0.870. The Morgan fingerprint density at radius 3 is 2.91 bits per heavy atom. The second-order valence-corrected chi connectivity index (χ2v) is 8.50. The third-order valence-corrected chi connectivity index (χ3v) is 6.37. The van der Waals surface area contributed by atoms with Crippen molar-refractivity contribution < 1.29 is 9.53 Å². The standard InChI is InChI=1S/C19H30N2O2/c1-13(2)10-21-11-16-15(17-7-8-19(16,12-21)23-17)9-20-18(22)14-5-3-4-6-14/h3-4,13-17H,5-12H2,1-2H3,(H,20,22)/t15-,16+,17+,19+/m0/s1. The van der Waals surface area contributed by atoms with E-state index in [2.05, 4.69) is 36.2 Å². The predicted molar refractivity (Wildman–Crippen MR) is 90.0 cm³/mol. The van der Waals surface area contributed by atoms with E-state index in [0.29, 0.717) is 23.9 Å². The topological polar surface area (TPSA) is 41.6 Å². The van der Waals surface area contributed by atoms with Gasteiger partial charge in [-0.05, 0) is 31.6 Å². The van der Waals surface area contributed by atoms with Crippen LogP contribution in [0.4, 0.5) is 0 Å². The number of carbonyl (C=O) groups excluding carboxylic acids is 1. The van der Waals surface area contributed by atoms with Crippen LogP contribution in [0.2, 0.25) is 0 Å². The minimum Gasteiger partial charge on any atom is -0.370 e. The van der Waals surface area contributed by atoms with Crippen LogP contribution in [0.3, 0.4) is 0 Å². The van der Waals surface area contributed by atoms with Crippen LogP contribution in [-0.4, -0.2) is 48.7 Å². The first-order valence-corrected chi connectivity index (χ1v) is 9.40. The number of hydrogen-bond donors (Lipinski definition) is 1. The number of hydrogen-bond acceptors (Lipinski definition) is 3. The number of likely N-dealkylation sites (tertiary alicyclic amines) is 1. The van der Waals surface area contributed by atoms with Gasteiger partial charge in [-0.1, -0.05) is 26.0 Å². The molecule has 4 nitrogen and oxygen atoms in total. The maximum atomic E-state index is 12.3. The van der Waals surface area contributed by atoms with Gasteiger partial charge in [-0.25, -0.2) is 0 Å². The van der Waals surface area contributed by atoms with Gasteiger partial charge >= 0.3 is 0 Å². The van der Waals surface area contributed by atoms with Gasteiger partial charge in [-0.3, -0.25) is 9.69 Å². The molecule has 2 bridgehead atoms. The molecule has 4 heteroatoms.